The Morgan fingerprint density at radius 1 is 1.12 bits per heavy atom. The lowest BCUT2D eigenvalue weighted by atomic mass is 9.91. The molecule has 1 saturated heterocycles. The maximum Gasteiger partial charge on any atom is 0.272 e. The van der Waals surface area contributed by atoms with Gasteiger partial charge >= 0.3 is 0 Å². The minimum atomic E-state index is -0.356. The summed E-state index contributed by atoms with van der Waals surface area (Å²) < 4.78 is 24.2. The van der Waals surface area contributed by atoms with E-state index in [2.05, 4.69) is 15.2 Å². The van der Waals surface area contributed by atoms with Crippen molar-refractivity contribution in [1.82, 2.24) is 20.1 Å². The molecule has 3 heterocycles. The van der Waals surface area contributed by atoms with Crippen LogP contribution in [0.4, 0.5) is 10.2 Å². The van der Waals surface area contributed by atoms with Gasteiger partial charge in [0, 0.05) is 25.1 Å². The van der Waals surface area contributed by atoms with E-state index in [0.717, 1.165) is 24.1 Å². The Morgan fingerprint density at radius 3 is 2.50 bits per heavy atom. The largest absolute Gasteiger partial charge is 0.493 e. The van der Waals surface area contributed by atoms with Crippen molar-refractivity contribution in [2.24, 2.45) is 0 Å². The Hall–Kier alpha value is -3.75. The first-order valence-electron chi connectivity index (χ1n) is 10.3. The van der Waals surface area contributed by atoms with Gasteiger partial charge in [-0.2, -0.15) is 5.10 Å². The third kappa shape index (κ3) is 4.61. The summed E-state index contributed by atoms with van der Waals surface area (Å²) in [7, 11) is 1.49. The first kappa shape index (κ1) is 21.5. The molecule has 4 rings (SSSR count). The zero-order valence-electron chi connectivity index (χ0n) is 17.9. The number of aryl methyl sites for hydroxylation is 1. The molecule has 1 fully saturated rings. The molecule has 0 saturated carbocycles. The quantitative estimate of drug-likeness (QED) is 0.649. The number of methoxy groups -OCH3 is 1. The molecule has 2 N–H and O–H groups in total. The van der Waals surface area contributed by atoms with Gasteiger partial charge in [0.1, 0.15) is 23.1 Å². The zero-order valence-corrected chi connectivity index (χ0v) is 17.9. The van der Waals surface area contributed by atoms with E-state index in [1.54, 1.807) is 11.0 Å². The molecule has 1 aliphatic rings. The molecule has 0 atom stereocenters. The predicted molar refractivity (Wildman–Crippen MR) is 116 cm³/mol. The number of piperidine rings is 1. The average Bonchev–Trinajstić information content (AvgIpc) is 2.80. The van der Waals surface area contributed by atoms with Crippen molar-refractivity contribution in [3.8, 4) is 17.2 Å². The van der Waals surface area contributed by atoms with Gasteiger partial charge in [0.05, 0.1) is 19.0 Å². The van der Waals surface area contributed by atoms with Crippen LogP contribution in [0.3, 0.4) is 0 Å². The van der Waals surface area contributed by atoms with Crippen molar-refractivity contribution in [1.29, 1.82) is 0 Å². The van der Waals surface area contributed by atoms with E-state index >= 15 is 0 Å². The number of pyridine rings is 1. The number of anilines is 1. The molecule has 0 unspecified atom stereocenters. The van der Waals surface area contributed by atoms with E-state index in [9.17, 15) is 9.18 Å². The van der Waals surface area contributed by atoms with Gasteiger partial charge in [0.2, 0.25) is 0 Å². The number of nitrogens with zero attached hydrogens (tertiary/aromatic N) is 4. The van der Waals surface area contributed by atoms with E-state index in [-0.39, 0.29) is 23.3 Å². The van der Waals surface area contributed by atoms with Crippen molar-refractivity contribution in [3.63, 3.8) is 0 Å². The lowest BCUT2D eigenvalue weighted by molar-refractivity contribution is 0.0705. The Labute approximate surface area is 185 Å². The number of carbonyl (C=O) groups excluding carboxylic acids is 1. The second kappa shape index (κ2) is 9.17. The van der Waals surface area contributed by atoms with Crippen LogP contribution in [-0.2, 0) is 0 Å². The molecule has 1 aromatic carbocycles. The number of rotatable bonds is 5. The fourth-order valence-electron chi connectivity index (χ4n) is 3.84. The molecule has 0 aliphatic carbocycles. The number of nitrogen functional groups attached to an aromatic ring is 1. The molecule has 1 amide bonds. The SMILES string of the molecule is COc1cc(C(=O)N2CCC(c3nnc(N)cc3C)CC2)ncc1Oc1ccc(F)cc1. The Morgan fingerprint density at radius 2 is 1.84 bits per heavy atom. The molecule has 1 aliphatic heterocycles. The molecule has 3 aromatic rings. The number of hydrogen-bond acceptors (Lipinski definition) is 7. The van der Waals surface area contributed by atoms with Crippen LogP contribution in [-0.4, -0.2) is 46.2 Å². The maximum atomic E-state index is 13.1. The molecule has 0 spiro atoms. The van der Waals surface area contributed by atoms with Gasteiger partial charge in [-0.05, 0) is 55.7 Å². The van der Waals surface area contributed by atoms with Gasteiger partial charge in [-0.1, -0.05) is 0 Å². The molecule has 166 valence electrons. The summed E-state index contributed by atoms with van der Waals surface area (Å²) in [5, 5.41) is 8.23. The summed E-state index contributed by atoms with van der Waals surface area (Å²) in [6.07, 6.45) is 3.01. The van der Waals surface area contributed by atoms with Crippen molar-refractivity contribution >= 4 is 11.7 Å². The first-order chi connectivity index (χ1) is 15.4. The minimum absolute atomic E-state index is 0.171. The van der Waals surface area contributed by atoms with Gasteiger partial charge < -0.3 is 20.1 Å². The highest BCUT2D eigenvalue weighted by Gasteiger charge is 2.27. The van der Waals surface area contributed by atoms with E-state index in [4.69, 9.17) is 15.2 Å². The van der Waals surface area contributed by atoms with Crippen molar-refractivity contribution in [3.05, 3.63) is 65.4 Å². The van der Waals surface area contributed by atoms with Crippen LogP contribution in [0.2, 0.25) is 0 Å². The van der Waals surface area contributed by atoms with Gasteiger partial charge in [-0.25, -0.2) is 9.37 Å². The number of benzene rings is 1. The van der Waals surface area contributed by atoms with Crippen LogP contribution in [0.1, 0.15) is 40.5 Å². The van der Waals surface area contributed by atoms with Gasteiger partial charge in [0.25, 0.3) is 5.91 Å². The predicted octanol–water partition coefficient (Wildman–Crippen LogP) is 3.72. The summed E-state index contributed by atoms with van der Waals surface area (Å²) in [4.78, 5) is 19.1. The second-order valence-corrected chi connectivity index (χ2v) is 7.68. The Balaban J connectivity index is 1.43. The lowest BCUT2D eigenvalue weighted by Crippen LogP contribution is -2.38. The molecule has 9 heteroatoms. The summed E-state index contributed by atoms with van der Waals surface area (Å²) >= 11 is 0. The van der Waals surface area contributed by atoms with Crippen LogP contribution in [0.5, 0.6) is 17.2 Å². The third-order valence-electron chi connectivity index (χ3n) is 5.52. The molecule has 8 nitrogen and oxygen atoms in total. The van der Waals surface area contributed by atoms with E-state index < -0.39 is 0 Å². The van der Waals surface area contributed by atoms with Crippen molar-refractivity contribution in [2.75, 3.05) is 25.9 Å². The second-order valence-electron chi connectivity index (χ2n) is 7.68. The van der Waals surface area contributed by atoms with Crippen LogP contribution in [0, 0.1) is 12.7 Å². The van der Waals surface area contributed by atoms with Gasteiger partial charge in [0.15, 0.2) is 11.5 Å². The highest BCUT2D eigenvalue weighted by atomic mass is 19.1. The van der Waals surface area contributed by atoms with Crippen molar-refractivity contribution < 1.29 is 18.7 Å². The van der Waals surface area contributed by atoms with Crippen molar-refractivity contribution in [2.45, 2.75) is 25.7 Å². The minimum Gasteiger partial charge on any atom is -0.493 e. The normalized spacial score (nSPS) is 14.3. The van der Waals surface area contributed by atoms with Crippen LogP contribution >= 0.6 is 0 Å². The van der Waals surface area contributed by atoms with E-state index in [1.807, 2.05) is 13.0 Å². The Kier molecular flexibility index (Phi) is 6.16. The summed E-state index contributed by atoms with van der Waals surface area (Å²) in [5.41, 5.74) is 7.93. The fraction of sp³-hybridized carbons (Fsp3) is 0.304. The monoisotopic (exact) mass is 437 g/mol. The van der Waals surface area contributed by atoms with Gasteiger partial charge in [-0.3, -0.25) is 4.79 Å². The maximum absolute atomic E-state index is 13.1. The number of carbonyl (C=O) groups is 1. The summed E-state index contributed by atoms with van der Waals surface area (Å²) in [5.74, 6) is 1.27. The highest BCUT2D eigenvalue weighted by molar-refractivity contribution is 5.93. The average molecular weight is 437 g/mol. The number of amides is 1. The van der Waals surface area contributed by atoms with Crippen LogP contribution in [0.25, 0.3) is 0 Å². The molecule has 2 aromatic heterocycles. The van der Waals surface area contributed by atoms with E-state index in [1.165, 1.54) is 37.6 Å². The summed E-state index contributed by atoms with van der Waals surface area (Å²) in [6.45, 7) is 3.16. The number of nitrogens with two attached hydrogens (primary N) is 1. The molecule has 0 radical (unpaired) electrons. The van der Waals surface area contributed by atoms with E-state index in [0.29, 0.717) is 36.2 Å². The molecular weight excluding hydrogens is 413 g/mol. The van der Waals surface area contributed by atoms with Crippen LogP contribution < -0.4 is 15.2 Å². The Bertz CT molecular complexity index is 1120. The van der Waals surface area contributed by atoms with Gasteiger partial charge in [-0.15, -0.1) is 5.10 Å². The fourth-order valence-corrected chi connectivity index (χ4v) is 3.84. The lowest BCUT2D eigenvalue weighted by Gasteiger charge is -2.32. The summed E-state index contributed by atoms with van der Waals surface area (Å²) in [6, 6.07) is 8.99. The molecular formula is C23H24FN5O3. The number of hydrogen-bond donors (Lipinski definition) is 1. The topological polar surface area (TPSA) is 103 Å². The first-order valence-corrected chi connectivity index (χ1v) is 10.3. The highest BCUT2D eigenvalue weighted by Crippen LogP contribution is 2.33. The third-order valence-corrected chi connectivity index (χ3v) is 5.52. The number of ether oxygens (including phenoxy) is 2. The number of halogens is 1. The standard InChI is InChI=1S/C23H24FN5O3/c1-14-11-21(25)27-28-22(14)15-7-9-29(10-8-15)23(30)18-12-19(31-2)20(13-26-18)32-17-5-3-16(24)4-6-17/h3-6,11-13,15H,7-10H2,1-2H3,(H2,25,27). The number of likely N-dealkylation sites (tertiary alicyclic amines) is 1. The molecule has 0 bridgehead atoms. The number of aromatic nitrogens is 3. The molecule has 32 heavy (non-hydrogen) atoms. The van der Waals surface area contributed by atoms with Crippen LogP contribution in [0.15, 0.2) is 42.6 Å². The smallest absolute Gasteiger partial charge is 0.272 e. The zero-order chi connectivity index (χ0) is 22.7.